The number of halogens is 2. The lowest BCUT2D eigenvalue weighted by Gasteiger charge is -1.91. The van der Waals surface area contributed by atoms with Gasteiger partial charge in [-0.05, 0) is 6.07 Å². The van der Waals surface area contributed by atoms with Gasteiger partial charge in [-0.3, -0.25) is 0 Å². The maximum atomic E-state index is 5.80. The quantitative estimate of drug-likeness (QED) is 0.798. The largest absolute Gasteiger partial charge is 0.439 e. The Kier molecular flexibility index (Phi) is 2.15. The maximum Gasteiger partial charge on any atom is 0.209 e. The smallest absolute Gasteiger partial charge is 0.209 e. The van der Waals surface area contributed by atoms with Crippen molar-refractivity contribution in [2.75, 3.05) is 0 Å². The highest BCUT2D eigenvalue weighted by Gasteiger charge is 2.07. The third kappa shape index (κ3) is 1.50. The van der Waals surface area contributed by atoms with E-state index in [2.05, 4.69) is 4.98 Å². The minimum absolute atomic E-state index is 0.268. The number of benzene rings is 1. The van der Waals surface area contributed by atoms with Crippen LogP contribution in [0.3, 0.4) is 0 Å². The van der Waals surface area contributed by atoms with Crippen molar-refractivity contribution in [3.8, 4) is 0 Å². The number of hydrogen-bond donors (Lipinski definition) is 1. The highest BCUT2D eigenvalue weighted by atomic mass is 35.5. The van der Waals surface area contributed by atoms with Crippen LogP contribution in [-0.4, -0.2) is 4.98 Å². The summed E-state index contributed by atoms with van der Waals surface area (Å²) in [5, 5.41) is 0.917. The van der Waals surface area contributed by atoms with Gasteiger partial charge in [-0.1, -0.05) is 23.2 Å². The van der Waals surface area contributed by atoms with Crippen LogP contribution in [0.1, 0.15) is 5.89 Å². The van der Waals surface area contributed by atoms with Gasteiger partial charge in [0, 0.05) is 6.07 Å². The van der Waals surface area contributed by atoms with E-state index in [1.165, 1.54) is 0 Å². The number of fused-ring (bicyclic) bond motifs is 1. The topological polar surface area (TPSA) is 52.0 Å². The molecule has 0 atom stereocenters. The Morgan fingerprint density at radius 3 is 2.69 bits per heavy atom. The molecule has 0 bridgehead atoms. The lowest BCUT2D eigenvalue weighted by atomic mass is 10.3. The van der Waals surface area contributed by atoms with Gasteiger partial charge in [0.15, 0.2) is 5.58 Å². The highest BCUT2D eigenvalue weighted by Crippen LogP contribution is 2.27. The Balaban J connectivity index is 2.70. The van der Waals surface area contributed by atoms with Gasteiger partial charge in [0.05, 0.1) is 16.6 Å². The van der Waals surface area contributed by atoms with E-state index in [4.69, 9.17) is 33.4 Å². The van der Waals surface area contributed by atoms with Gasteiger partial charge in [-0.15, -0.1) is 0 Å². The molecule has 0 saturated heterocycles. The minimum atomic E-state index is 0.268. The van der Waals surface area contributed by atoms with Gasteiger partial charge < -0.3 is 10.2 Å². The lowest BCUT2D eigenvalue weighted by molar-refractivity contribution is 0.533. The first-order valence-electron chi connectivity index (χ1n) is 3.65. The summed E-state index contributed by atoms with van der Waals surface area (Å²) in [5.41, 5.74) is 6.65. The standard InChI is InChI=1S/C8H6Cl2N2O/c9-4-1-6-7(2-5(4)10)13-8(3-11)12-6/h1-2H,3,11H2. The minimum Gasteiger partial charge on any atom is -0.439 e. The fourth-order valence-corrected chi connectivity index (χ4v) is 1.37. The van der Waals surface area contributed by atoms with Crippen molar-refractivity contribution in [1.82, 2.24) is 4.98 Å². The molecule has 13 heavy (non-hydrogen) atoms. The van der Waals surface area contributed by atoms with Crippen molar-refractivity contribution >= 4 is 34.3 Å². The van der Waals surface area contributed by atoms with Crippen LogP contribution in [0.5, 0.6) is 0 Å². The Morgan fingerprint density at radius 2 is 2.00 bits per heavy atom. The van der Waals surface area contributed by atoms with E-state index in [0.717, 1.165) is 0 Å². The predicted molar refractivity (Wildman–Crippen MR) is 51.9 cm³/mol. The molecule has 68 valence electrons. The van der Waals surface area contributed by atoms with Crippen molar-refractivity contribution in [2.24, 2.45) is 5.73 Å². The second-order valence-electron chi connectivity index (χ2n) is 2.55. The third-order valence-corrected chi connectivity index (χ3v) is 2.37. The summed E-state index contributed by atoms with van der Waals surface area (Å²) in [6, 6.07) is 3.28. The van der Waals surface area contributed by atoms with Crippen LogP contribution >= 0.6 is 23.2 Å². The number of hydrogen-bond acceptors (Lipinski definition) is 3. The van der Waals surface area contributed by atoms with Gasteiger partial charge in [0.25, 0.3) is 0 Å². The Hall–Kier alpha value is -0.770. The zero-order chi connectivity index (χ0) is 9.42. The van der Waals surface area contributed by atoms with Crippen LogP contribution in [0.25, 0.3) is 11.1 Å². The molecule has 0 aliphatic carbocycles. The Labute approximate surface area is 84.4 Å². The van der Waals surface area contributed by atoms with E-state index in [9.17, 15) is 0 Å². The molecule has 3 nitrogen and oxygen atoms in total. The summed E-state index contributed by atoms with van der Waals surface area (Å²) in [6.45, 7) is 0.268. The average molecular weight is 217 g/mol. The molecular formula is C8H6Cl2N2O. The van der Waals surface area contributed by atoms with Crippen molar-refractivity contribution in [2.45, 2.75) is 6.54 Å². The summed E-state index contributed by atoms with van der Waals surface area (Å²) in [4.78, 5) is 4.10. The van der Waals surface area contributed by atoms with Crippen LogP contribution < -0.4 is 5.73 Å². The fourth-order valence-electron chi connectivity index (χ4n) is 1.06. The van der Waals surface area contributed by atoms with Crippen LogP contribution in [0.15, 0.2) is 16.5 Å². The van der Waals surface area contributed by atoms with E-state index in [0.29, 0.717) is 27.0 Å². The normalized spacial score (nSPS) is 11.0. The lowest BCUT2D eigenvalue weighted by Crippen LogP contribution is -1.94. The molecule has 0 aliphatic rings. The molecule has 1 heterocycles. The molecule has 5 heteroatoms. The summed E-state index contributed by atoms with van der Waals surface area (Å²) >= 11 is 11.6. The monoisotopic (exact) mass is 216 g/mol. The summed E-state index contributed by atoms with van der Waals surface area (Å²) in [6.07, 6.45) is 0. The van der Waals surface area contributed by atoms with E-state index in [1.54, 1.807) is 12.1 Å². The molecule has 1 aromatic heterocycles. The number of nitrogens with zero attached hydrogens (tertiary/aromatic N) is 1. The van der Waals surface area contributed by atoms with E-state index in [-0.39, 0.29) is 6.54 Å². The zero-order valence-electron chi connectivity index (χ0n) is 6.55. The van der Waals surface area contributed by atoms with Gasteiger partial charge in [-0.2, -0.15) is 0 Å². The first kappa shape index (κ1) is 8.81. The molecule has 2 aromatic rings. The molecule has 2 N–H and O–H groups in total. The van der Waals surface area contributed by atoms with Crippen molar-refractivity contribution in [3.05, 3.63) is 28.1 Å². The van der Waals surface area contributed by atoms with E-state index < -0.39 is 0 Å². The molecular weight excluding hydrogens is 211 g/mol. The molecule has 0 amide bonds. The molecule has 0 fully saturated rings. The van der Waals surface area contributed by atoms with Crippen LogP contribution in [0.4, 0.5) is 0 Å². The van der Waals surface area contributed by atoms with Gasteiger partial charge in [0.1, 0.15) is 5.52 Å². The van der Waals surface area contributed by atoms with Gasteiger partial charge >= 0.3 is 0 Å². The molecule has 0 aliphatic heterocycles. The zero-order valence-corrected chi connectivity index (χ0v) is 8.06. The molecule has 2 rings (SSSR count). The van der Waals surface area contributed by atoms with E-state index >= 15 is 0 Å². The number of oxazole rings is 1. The summed E-state index contributed by atoms with van der Waals surface area (Å²) in [7, 11) is 0. The highest BCUT2D eigenvalue weighted by molar-refractivity contribution is 6.42. The molecule has 0 radical (unpaired) electrons. The van der Waals surface area contributed by atoms with E-state index in [1.807, 2.05) is 0 Å². The summed E-state index contributed by atoms with van der Waals surface area (Å²) < 4.78 is 5.27. The second kappa shape index (κ2) is 3.18. The van der Waals surface area contributed by atoms with Crippen LogP contribution in [-0.2, 0) is 6.54 Å². The van der Waals surface area contributed by atoms with Gasteiger partial charge in [-0.25, -0.2) is 4.98 Å². The van der Waals surface area contributed by atoms with Crippen molar-refractivity contribution in [3.63, 3.8) is 0 Å². The molecule has 0 saturated carbocycles. The summed E-state index contributed by atoms with van der Waals surface area (Å²) in [5.74, 6) is 0.480. The Bertz CT molecular complexity index is 414. The molecule has 1 aromatic carbocycles. The third-order valence-electron chi connectivity index (χ3n) is 1.65. The van der Waals surface area contributed by atoms with Crippen LogP contribution in [0.2, 0.25) is 10.0 Å². The van der Waals surface area contributed by atoms with Crippen molar-refractivity contribution < 1.29 is 4.42 Å². The molecule has 0 unspecified atom stereocenters. The SMILES string of the molecule is NCc1nc2cc(Cl)c(Cl)cc2o1. The fraction of sp³-hybridized carbons (Fsp3) is 0.125. The van der Waals surface area contributed by atoms with Crippen LogP contribution in [0, 0.1) is 0 Å². The number of aromatic nitrogens is 1. The first-order valence-corrected chi connectivity index (χ1v) is 4.41. The van der Waals surface area contributed by atoms with Crippen molar-refractivity contribution in [1.29, 1.82) is 0 Å². The van der Waals surface area contributed by atoms with Gasteiger partial charge in [0.2, 0.25) is 5.89 Å². The first-order chi connectivity index (χ1) is 6.20. The average Bonchev–Trinajstić information content (AvgIpc) is 2.48. The molecule has 0 spiro atoms. The predicted octanol–water partition coefficient (Wildman–Crippen LogP) is 2.59. The Morgan fingerprint density at radius 1 is 1.31 bits per heavy atom. The number of rotatable bonds is 1. The maximum absolute atomic E-state index is 5.80. The second-order valence-corrected chi connectivity index (χ2v) is 3.36. The number of nitrogens with two attached hydrogens (primary N) is 1.